The molecule has 3 nitrogen and oxygen atoms in total. The Morgan fingerprint density at radius 2 is 2.24 bits per heavy atom. The summed E-state index contributed by atoms with van der Waals surface area (Å²) in [5, 5.41) is 3.11. The van der Waals surface area contributed by atoms with Crippen molar-refractivity contribution in [1.29, 1.82) is 0 Å². The van der Waals surface area contributed by atoms with Crippen molar-refractivity contribution in [2.45, 2.75) is 45.1 Å². The lowest BCUT2D eigenvalue weighted by molar-refractivity contribution is -0.126. The molecule has 1 aromatic rings. The van der Waals surface area contributed by atoms with Crippen LogP contribution in [0.5, 0.6) is 0 Å². The second-order valence-electron chi connectivity index (χ2n) is 6.45. The quantitative estimate of drug-likeness (QED) is 0.811. The molecule has 0 spiro atoms. The van der Waals surface area contributed by atoms with Gasteiger partial charge in [-0.25, -0.2) is 4.39 Å². The van der Waals surface area contributed by atoms with Crippen LogP contribution >= 0.6 is 0 Å². The fraction of sp³-hybridized carbons (Fsp3) is 0.588. The molecule has 1 aliphatic carbocycles. The summed E-state index contributed by atoms with van der Waals surface area (Å²) in [6.07, 6.45) is 3.70. The number of carbonyl (C=O) groups is 1. The third-order valence-corrected chi connectivity index (χ3v) is 4.51. The molecule has 1 saturated carbocycles. The Morgan fingerprint density at radius 1 is 1.52 bits per heavy atom. The molecule has 2 atom stereocenters. The van der Waals surface area contributed by atoms with Crippen molar-refractivity contribution in [3.63, 3.8) is 0 Å². The molecule has 4 heteroatoms. The van der Waals surface area contributed by atoms with Gasteiger partial charge >= 0.3 is 0 Å². The first-order chi connectivity index (χ1) is 9.94. The van der Waals surface area contributed by atoms with Gasteiger partial charge < -0.3 is 11.1 Å². The first-order valence-electron chi connectivity index (χ1n) is 7.71. The van der Waals surface area contributed by atoms with Gasteiger partial charge in [0, 0.05) is 12.5 Å². The summed E-state index contributed by atoms with van der Waals surface area (Å²) in [4.78, 5) is 12.3. The minimum Gasteiger partial charge on any atom is -0.349 e. The van der Waals surface area contributed by atoms with Crippen molar-refractivity contribution in [3.05, 3.63) is 35.6 Å². The fourth-order valence-corrected chi connectivity index (χ4v) is 2.65. The number of carbonyl (C=O) groups excluding carboxylic acids is 1. The third kappa shape index (κ3) is 4.27. The molecule has 0 bridgehead atoms. The lowest BCUT2D eigenvalue weighted by atomic mass is 9.93. The number of benzene rings is 1. The maximum atomic E-state index is 13.1. The van der Waals surface area contributed by atoms with Crippen LogP contribution in [-0.2, 0) is 11.2 Å². The molecule has 2 rings (SSSR count). The van der Waals surface area contributed by atoms with Crippen molar-refractivity contribution in [2.24, 2.45) is 17.6 Å². The Hall–Kier alpha value is -1.42. The van der Waals surface area contributed by atoms with E-state index in [0.717, 1.165) is 18.4 Å². The van der Waals surface area contributed by atoms with E-state index in [-0.39, 0.29) is 23.2 Å². The number of halogens is 1. The van der Waals surface area contributed by atoms with Crippen LogP contribution in [0.4, 0.5) is 4.39 Å². The van der Waals surface area contributed by atoms with Gasteiger partial charge in [-0.05, 0) is 56.2 Å². The lowest BCUT2D eigenvalue weighted by Crippen LogP contribution is -2.54. The molecule has 21 heavy (non-hydrogen) atoms. The largest absolute Gasteiger partial charge is 0.349 e. The molecule has 1 amide bonds. The van der Waals surface area contributed by atoms with E-state index < -0.39 is 0 Å². The second kappa shape index (κ2) is 6.56. The molecular weight excluding hydrogens is 267 g/mol. The van der Waals surface area contributed by atoms with Crippen LogP contribution in [0.15, 0.2) is 24.3 Å². The number of hydrogen-bond acceptors (Lipinski definition) is 2. The Bertz CT molecular complexity index is 501. The summed E-state index contributed by atoms with van der Waals surface area (Å²) in [6, 6.07) is 6.55. The summed E-state index contributed by atoms with van der Waals surface area (Å²) in [6.45, 7) is 4.42. The van der Waals surface area contributed by atoms with Crippen LogP contribution in [0.25, 0.3) is 0 Å². The average molecular weight is 292 g/mol. The Balaban J connectivity index is 1.85. The summed E-state index contributed by atoms with van der Waals surface area (Å²) in [5.74, 6) is 0.236. The van der Waals surface area contributed by atoms with Crippen LogP contribution < -0.4 is 11.1 Å². The van der Waals surface area contributed by atoms with Crippen LogP contribution in [0.3, 0.4) is 0 Å². The van der Waals surface area contributed by atoms with E-state index in [1.807, 2.05) is 19.9 Å². The zero-order chi connectivity index (χ0) is 15.5. The Kier molecular flexibility index (Phi) is 4.99. The number of rotatable bonds is 7. The summed E-state index contributed by atoms with van der Waals surface area (Å²) in [7, 11) is 0. The lowest BCUT2D eigenvalue weighted by Gasteiger charge is -2.31. The van der Waals surface area contributed by atoms with Gasteiger partial charge in [0.1, 0.15) is 5.82 Å². The predicted octanol–water partition coefficient (Wildman–Crippen LogP) is 2.64. The van der Waals surface area contributed by atoms with Gasteiger partial charge in [0.2, 0.25) is 5.91 Å². The normalized spacial score (nSPS) is 18.9. The zero-order valence-electron chi connectivity index (χ0n) is 12.9. The second-order valence-corrected chi connectivity index (χ2v) is 6.45. The van der Waals surface area contributed by atoms with Gasteiger partial charge in [-0.3, -0.25) is 4.79 Å². The van der Waals surface area contributed by atoms with E-state index in [9.17, 15) is 9.18 Å². The Morgan fingerprint density at radius 3 is 2.81 bits per heavy atom. The summed E-state index contributed by atoms with van der Waals surface area (Å²) >= 11 is 0. The highest BCUT2D eigenvalue weighted by Crippen LogP contribution is 2.39. The minimum absolute atomic E-state index is 0.0475. The third-order valence-electron chi connectivity index (χ3n) is 4.51. The SMILES string of the molecule is CC(CCc1cccc(F)c1)C(=O)NC(C)(CN)C1CC1. The van der Waals surface area contributed by atoms with Gasteiger partial charge in [-0.1, -0.05) is 19.1 Å². The van der Waals surface area contributed by atoms with E-state index >= 15 is 0 Å². The van der Waals surface area contributed by atoms with E-state index in [4.69, 9.17) is 5.73 Å². The van der Waals surface area contributed by atoms with E-state index in [1.54, 1.807) is 6.07 Å². The van der Waals surface area contributed by atoms with E-state index in [2.05, 4.69) is 5.32 Å². The average Bonchev–Trinajstić information content (AvgIpc) is 3.29. The van der Waals surface area contributed by atoms with Gasteiger partial charge in [0.05, 0.1) is 5.54 Å². The molecule has 0 heterocycles. The maximum absolute atomic E-state index is 13.1. The molecule has 3 N–H and O–H groups in total. The molecular formula is C17H25FN2O. The fourth-order valence-electron chi connectivity index (χ4n) is 2.65. The molecule has 116 valence electrons. The highest BCUT2D eigenvalue weighted by molar-refractivity contribution is 5.79. The highest BCUT2D eigenvalue weighted by Gasteiger charge is 2.41. The molecule has 0 radical (unpaired) electrons. The molecule has 0 aliphatic heterocycles. The predicted molar refractivity (Wildman–Crippen MR) is 82.2 cm³/mol. The van der Waals surface area contributed by atoms with Crippen molar-refractivity contribution in [2.75, 3.05) is 6.54 Å². The number of amides is 1. The first-order valence-corrected chi connectivity index (χ1v) is 7.71. The highest BCUT2D eigenvalue weighted by atomic mass is 19.1. The van der Waals surface area contributed by atoms with Crippen molar-refractivity contribution in [1.82, 2.24) is 5.32 Å². The van der Waals surface area contributed by atoms with Gasteiger partial charge in [-0.15, -0.1) is 0 Å². The van der Waals surface area contributed by atoms with Crippen LogP contribution in [-0.4, -0.2) is 18.0 Å². The number of hydrogen-bond donors (Lipinski definition) is 2. The van der Waals surface area contributed by atoms with Gasteiger partial charge in [-0.2, -0.15) is 0 Å². The smallest absolute Gasteiger partial charge is 0.223 e. The molecule has 0 saturated heterocycles. The van der Waals surface area contributed by atoms with E-state index in [0.29, 0.717) is 25.3 Å². The Labute approximate surface area is 126 Å². The summed E-state index contributed by atoms with van der Waals surface area (Å²) < 4.78 is 13.1. The van der Waals surface area contributed by atoms with Crippen LogP contribution in [0, 0.1) is 17.7 Å². The molecule has 1 aromatic carbocycles. The standard InChI is InChI=1S/C17H25FN2O/c1-12(6-7-13-4-3-5-15(18)10-13)16(21)20-17(2,11-19)14-8-9-14/h3-5,10,12,14H,6-9,11,19H2,1-2H3,(H,20,21). The van der Waals surface area contributed by atoms with Gasteiger partial charge in [0.15, 0.2) is 0 Å². The van der Waals surface area contributed by atoms with E-state index in [1.165, 1.54) is 12.1 Å². The zero-order valence-corrected chi connectivity index (χ0v) is 12.9. The molecule has 0 aromatic heterocycles. The first kappa shape index (κ1) is 16.0. The van der Waals surface area contributed by atoms with Crippen molar-refractivity contribution in [3.8, 4) is 0 Å². The number of nitrogens with one attached hydrogen (secondary N) is 1. The monoisotopic (exact) mass is 292 g/mol. The van der Waals surface area contributed by atoms with Crippen molar-refractivity contribution >= 4 is 5.91 Å². The maximum Gasteiger partial charge on any atom is 0.223 e. The number of nitrogens with two attached hydrogens (primary N) is 1. The van der Waals surface area contributed by atoms with Crippen LogP contribution in [0.1, 0.15) is 38.7 Å². The minimum atomic E-state index is -0.274. The van der Waals surface area contributed by atoms with Gasteiger partial charge in [0.25, 0.3) is 0 Å². The van der Waals surface area contributed by atoms with Crippen molar-refractivity contribution < 1.29 is 9.18 Å². The van der Waals surface area contributed by atoms with Crippen LogP contribution in [0.2, 0.25) is 0 Å². The molecule has 1 aliphatic rings. The molecule has 2 unspecified atom stereocenters. The topological polar surface area (TPSA) is 55.1 Å². The molecule has 1 fully saturated rings. The summed E-state index contributed by atoms with van der Waals surface area (Å²) in [5.41, 5.74) is 6.48. The number of aryl methyl sites for hydroxylation is 1.